The van der Waals surface area contributed by atoms with Crippen LogP contribution in [-0.4, -0.2) is 22.0 Å². The minimum atomic E-state index is -0.0710. The van der Waals surface area contributed by atoms with E-state index in [0.717, 1.165) is 40.4 Å². The molecule has 0 aliphatic carbocycles. The highest BCUT2D eigenvalue weighted by Crippen LogP contribution is 2.25. The van der Waals surface area contributed by atoms with Crippen LogP contribution in [0.5, 0.6) is 0 Å². The molecule has 3 aromatic rings. The number of aromatic nitrogens is 2. The standard InChI is InChI=1S/C21H22ClN3O/c1-14-9-11-25-19-7-6-16(13-18(19)24-20(25)12-14)21(26)23-10-8-15-4-2-3-5-17(15)22/h2-7,13-14H,8-12H2,1H3,(H,23,26)/t14-/m0/s1. The summed E-state index contributed by atoms with van der Waals surface area (Å²) in [6.07, 6.45) is 2.90. The molecule has 0 spiro atoms. The number of rotatable bonds is 4. The van der Waals surface area contributed by atoms with Crippen LogP contribution in [0.2, 0.25) is 5.02 Å². The van der Waals surface area contributed by atoms with Crippen molar-refractivity contribution in [3.05, 3.63) is 64.4 Å². The number of imidazole rings is 1. The molecule has 26 heavy (non-hydrogen) atoms. The van der Waals surface area contributed by atoms with E-state index in [4.69, 9.17) is 16.6 Å². The number of hydrogen-bond donors (Lipinski definition) is 1. The van der Waals surface area contributed by atoms with E-state index < -0.39 is 0 Å². The first-order valence-corrected chi connectivity index (χ1v) is 9.50. The Morgan fingerprint density at radius 1 is 1.31 bits per heavy atom. The van der Waals surface area contributed by atoms with Gasteiger partial charge >= 0.3 is 0 Å². The van der Waals surface area contributed by atoms with Gasteiger partial charge in [0.05, 0.1) is 11.0 Å². The molecule has 5 heteroatoms. The van der Waals surface area contributed by atoms with Crippen LogP contribution < -0.4 is 5.32 Å². The molecule has 2 heterocycles. The van der Waals surface area contributed by atoms with Gasteiger partial charge in [-0.3, -0.25) is 4.79 Å². The summed E-state index contributed by atoms with van der Waals surface area (Å²) < 4.78 is 2.29. The Bertz CT molecular complexity index is 963. The zero-order valence-corrected chi connectivity index (χ0v) is 15.6. The molecule has 1 atom stereocenters. The number of benzene rings is 2. The summed E-state index contributed by atoms with van der Waals surface area (Å²) in [6.45, 7) is 3.83. The summed E-state index contributed by atoms with van der Waals surface area (Å²) in [5, 5.41) is 3.71. The van der Waals surface area contributed by atoms with Crippen molar-refractivity contribution in [3.8, 4) is 0 Å². The largest absolute Gasteiger partial charge is 0.352 e. The van der Waals surface area contributed by atoms with E-state index in [-0.39, 0.29) is 5.91 Å². The van der Waals surface area contributed by atoms with E-state index in [9.17, 15) is 4.79 Å². The van der Waals surface area contributed by atoms with Crippen LogP contribution in [0.15, 0.2) is 42.5 Å². The first-order chi connectivity index (χ1) is 12.6. The molecule has 1 aliphatic rings. The van der Waals surface area contributed by atoms with Gasteiger partial charge in [-0.05, 0) is 48.6 Å². The minimum Gasteiger partial charge on any atom is -0.352 e. The summed E-state index contributed by atoms with van der Waals surface area (Å²) in [6, 6.07) is 13.5. The molecular weight excluding hydrogens is 346 g/mol. The summed E-state index contributed by atoms with van der Waals surface area (Å²) in [5.41, 5.74) is 3.73. The zero-order valence-electron chi connectivity index (χ0n) is 14.8. The number of nitrogens with one attached hydrogen (secondary N) is 1. The monoisotopic (exact) mass is 367 g/mol. The number of aryl methyl sites for hydroxylation is 1. The molecule has 0 saturated heterocycles. The average molecular weight is 368 g/mol. The molecule has 0 radical (unpaired) electrons. The van der Waals surface area contributed by atoms with Crippen LogP contribution >= 0.6 is 11.6 Å². The van der Waals surface area contributed by atoms with Crippen LogP contribution in [0.25, 0.3) is 11.0 Å². The van der Waals surface area contributed by atoms with Crippen molar-refractivity contribution < 1.29 is 4.79 Å². The highest BCUT2D eigenvalue weighted by atomic mass is 35.5. The van der Waals surface area contributed by atoms with E-state index in [1.807, 2.05) is 42.5 Å². The minimum absolute atomic E-state index is 0.0710. The molecule has 1 aliphatic heterocycles. The van der Waals surface area contributed by atoms with Gasteiger partial charge in [0.1, 0.15) is 5.82 Å². The predicted octanol–water partition coefficient (Wildman–Crippen LogP) is 4.24. The molecule has 1 amide bonds. The van der Waals surface area contributed by atoms with Crippen molar-refractivity contribution in [1.82, 2.24) is 14.9 Å². The van der Waals surface area contributed by atoms with Gasteiger partial charge in [0.25, 0.3) is 5.91 Å². The Labute approximate surface area is 158 Å². The molecule has 0 unspecified atom stereocenters. The lowest BCUT2D eigenvalue weighted by Gasteiger charge is -2.19. The Balaban J connectivity index is 1.46. The van der Waals surface area contributed by atoms with Gasteiger partial charge in [-0.15, -0.1) is 0 Å². The Kier molecular flexibility index (Phi) is 4.68. The topological polar surface area (TPSA) is 46.9 Å². The Morgan fingerprint density at radius 3 is 3.00 bits per heavy atom. The lowest BCUT2D eigenvalue weighted by Crippen LogP contribution is -2.25. The summed E-state index contributed by atoms with van der Waals surface area (Å²) in [4.78, 5) is 17.2. The third kappa shape index (κ3) is 3.34. The summed E-state index contributed by atoms with van der Waals surface area (Å²) >= 11 is 6.16. The molecule has 4 nitrogen and oxygen atoms in total. The molecule has 0 bridgehead atoms. The summed E-state index contributed by atoms with van der Waals surface area (Å²) in [7, 11) is 0. The molecule has 0 saturated carbocycles. The number of amides is 1. The summed E-state index contributed by atoms with van der Waals surface area (Å²) in [5.74, 6) is 1.74. The van der Waals surface area contributed by atoms with Gasteiger partial charge in [0.2, 0.25) is 0 Å². The number of halogens is 1. The fourth-order valence-corrected chi connectivity index (χ4v) is 3.83. The van der Waals surface area contributed by atoms with E-state index >= 15 is 0 Å². The highest BCUT2D eigenvalue weighted by Gasteiger charge is 2.19. The molecular formula is C21H22ClN3O. The van der Waals surface area contributed by atoms with Crippen molar-refractivity contribution in [3.63, 3.8) is 0 Å². The van der Waals surface area contributed by atoms with Gasteiger partial charge in [-0.25, -0.2) is 4.98 Å². The van der Waals surface area contributed by atoms with Crippen LogP contribution in [0.1, 0.15) is 35.1 Å². The molecule has 4 rings (SSSR count). The van der Waals surface area contributed by atoms with Crippen molar-refractivity contribution in [1.29, 1.82) is 0 Å². The molecule has 2 aromatic carbocycles. The predicted molar refractivity (Wildman–Crippen MR) is 105 cm³/mol. The second-order valence-electron chi connectivity index (χ2n) is 7.08. The van der Waals surface area contributed by atoms with E-state index in [0.29, 0.717) is 24.4 Å². The van der Waals surface area contributed by atoms with Crippen molar-refractivity contribution in [2.75, 3.05) is 6.54 Å². The second-order valence-corrected chi connectivity index (χ2v) is 7.49. The quantitative estimate of drug-likeness (QED) is 0.749. The number of carbonyl (C=O) groups is 1. The van der Waals surface area contributed by atoms with Crippen molar-refractivity contribution in [2.45, 2.75) is 32.7 Å². The van der Waals surface area contributed by atoms with Gasteiger partial charge in [0, 0.05) is 30.1 Å². The second kappa shape index (κ2) is 7.12. The zero-order chi connectivity index (χ0) is 18.1. The third-order valence-corrected chi connectivity index (χ3v) is 5.47. The maximum Gasteiger partial charge on any atom is 0.251 e. The third-order valence-electron chi connectivity index (χ3n) is 5.10. The smallest absolute Gasteiger partial charge is 0.251 e. The molecule has 0 fully saturated rings. The van der Waals surface area contributed by atoms with E-state index in [1.165, 1.54) is 6.42 Å². The molecule has 134 valence electrons. The average Bonchev–Trinajstić information content (AvgIpc) is 2.99. The Morgan fingerprint density at radius 2 is 2.15 bits per heavy atom. The van der Waals surface area contributed by atoms with Gasteiger partial charge < -0.3 is 9.88 Å². The first kappa shape index (κ1) is 17.1. The highest BCUT2D eigenvalue weighted by molar-refractivity contribution is 6.31. The van der Waals surface area contributed by atoms with E-state index in [1.54, 1.807) is 0 Å². The number of fused-ring (bicyclic) bond motifs is 3. The fourth-order valence-electron chi connectivity index (χ4n) is 3.60. The van der Waals surface area contributed by atoms with Gasteiger partial charge in [0.15, 0.2) is 0 Å². The Hall–Kier alpha value is -2.33. The van der Waals surface area contributed by atoms with Crippen LogP contribution in [-0.2, 0) is 19.4 Å². The first-order valence-electron chi connectivity index (χ1n) is 9.12. The van der Waals surface area contributed by atoms with Crippen LogP contribution in [0.3, 0.4) is 0 Å². The lowest BCUT2D eigenvalue weighted by atomic mass is 10.0. The van der Waals surface area contributed by atoms with E-state index in [2.05, 4.69) is 16.8 Å². The maximum atomic E-state index is 12.5. The molecule has 1 N–H and O–H groups in total. The molecule has 1 aromatic heterocycles. The van der Waals surface area contributed by atoms with Gasteiger partial charge in [-0.1, -0.05) is 36.7 Å². The maximum absolute atomic E-state index is 12.5. The van der Waals surface area contributed by atoms with Crippen molar-refractivity contribution in [2.24, 2.45) is 5.92 Å². The normalized spacial score (nSPS) is 16.5. The fraction of sp³-hybridized carbons (Fsp3) is 0.333. The van der Waals surface area contributed by atoms with Gasteiger partial charge in [-0.2, -0.15) is 0 Å². The number of carbonyl (C=O) groups excluding carboxylic acids is 1. The van der Waals surface area contributed by atoms with Crippen LogP contribution in [0.4, 0.5) is 0 Å². The SMILES string of the molecule is C[C@H]1CCn2c(nc3cc(C(=O)NCCc4ccccc4Cl)ccc32)C1. The van der Waals surface area contributed by atoms with Crippen molar-refractivity contribution >= 4 is 28.5 Å². The number of nitrogens with zero attached hydrogens (tertiary/aromatic N) is 2. The number of hydrogen-bond acceptors (Lipinski definition) is 2. The lowest BCUT2D eigenvalue weighted by molar-refractivity contribution is 0.0954. The van der Waals surface area contributed by atoms with Crippen LogP contribution in [0, 0.1) is 5.92 Å².